The molecular weight excluding hydrogens is 240 g/mol. The monoisotopic (exact) mass is 254 g/mol. The highest BCUT2D eigenvalue weighted by Gasteiger charge is 2.07. The van der Waals surface area contributed by atoms with Gasteiger partial charge in [0.1, 0.15) is 5.82 Å². The van der Waals surface area contributed by atoms with Gasteiger partial charge < -0.3 is 5.32 Å². The average Bonchev–Trinajstić information content (AvgIpc) is 2.81. The van der Waals surface area contributed by atoms with Gasteiger partial charge in [0.05, 0.1) is 0 Å². The molecule has 0 amide bonds. The number of nitrogens with zero attached hydrogens (tertiary/aromatic N) is 5. The Balaban J connectivity index is 1.88. The molecule has 0 aliphatic heterocycles. The molecule has 0 aliphatic carbocycles. The van der Waals surface area contributed by atoms with Crippen LogP contribution in [0.1, 0.15) is 17.0 Å². The van der Waals surface area contributed by atoms with Crippen LogP contribution in [0.4, 0.5) is 5.82 Å². The van der Waals surface area contributed by atoms with Crippen LogP contribution in [0.25, 0.3) is 5.65 Å². The number of hydrogen-bond donors (Lipinski definition) is 1. The summed E-state index contributed by atoms with van der Waals surface area (Å²) in [6, 6.07) is 1.99. The van der Waals surface area contributed by atoms with Gasteiger partial charge in [-0.05, 0) is 31.0 Å². The molecule has 6 nitrogen and oxygen atoms in total. The molecule has 19 heavy (non-hydrogen) atoms. The minimum atomic E-state index is 0.665. The Labute approximate surface area is 110 Å². The van der Waals surface area contributed by atoms with Crippen LogP contribution in [0, 0.1) is 13.8 Å². The Kier molecular flexibility index (Phi) is 2.83. The van der Waals surface area contributed by atoms with Crippen LogP contribution in [0.5, 0.6) is 0 Å². The van der Waals surface area contributed by atoms with E-state index in [-0.39, 0.29) is 0 Å². The van der Waals surface area contributed by atoms with E-state index in [4.69, 9.17) is 0 Å². The molecule has 0 radical (unpaired) electrons. The summed E-state index contributed by atoms with van der Waals surface area (Å²) in [5.41, 5.74) is 3.08. The van der Waals surface area contributed by atoms with Crippen molar-refractivity contribution in [2.45, 2.75) is 20.4 Å². The van der Waals surface area contributed by atoms with Crippen LogP contribution in [0.2, 0.25) is 0 Å². The van der Waals surface area contributed by atoms with E-state index < -0.39 is 0 Å². The molecule has 0 atom stereocenters. The minimum Gasteiger partial charge on any atom is -0.363 e. The Morgan fingerprint density at radius 3 is 2.95 bits per heavy atom. The lowest BCUT2D eigenvalue weighted by molar-refractivity contribution is 0.998. The minimum absolute atomic E-state index is 0.665. The number of nitrogens with one attached hydrogen (secondary N) is 1. The van der Waals surface area contributed by atoms with Gasteiger partial charge in [-0.2, -0.15) is 0 Å². The van der Waals surface area contributed by atoms with Gasteiger partial charge in [0.15, 0.2) is 5.82 Å². The zero-order valence-electron chi connectivity index (χ0n) is 10.8. The summed E-state index contributed by atoms with van der Waals surface area (Å²) in [5.74, 6) is 1.57. The first-order valence-corrected chi connectivity index (χ1v) is 6.05. The highest BCUT2D eigenvalue weighted by atomic mass is 15.3. The van der Waals surface area contributed by atoms with Crippen LogP contribution in [0.15, 0.2) is 30.9 Å². The summed E-state index contributed by atoms with van der Waals surface area (Å²) < 4.78 is 1.91. The van der Waals surface area contributed by atoms with Crippen molar-refractivity contribution in [3.05, 3.63) is 47.8 Å². The first-order valence-electron chi connectivity index (χ1n) is 6.05. The number of aromatic nitrogens is 5. The summed E-state index contributed by atoms with van der Waals surface area (Å²) in [7, 11) is 0. The first kappa shape index (κ1) is 11.6. The maximum atomic E-state index is 4.31. The van der Waals surface area contributed by atoms with Gasteiger partial charge >= 0.3 is 0 Å². The molecule has 0 aromatic carbocycles. The molecule has 3 aromatic rings. The fourth-order valence-electron chi connectivity index (χ4n) is 1.93. The van der Waals surface area contributed by atoms with Gasteiger partial charge in [-0.25, -0.2) is 4.98 Å². The lowest BCUT2D eigenvalue weighted by Crippen LogP contribution is -2.05. The topological polar surface area (TPSA) is 68.0 Å². The summed E-state index contributed by atoms with van der Waals surface area (Å²) in [6.45, 7) is 4.64. The molecule has 1 N–H and O–H groups in total. The Hall–Kier alpha value is -2.50. The van der Waals surface area contributed by atoms with Crippen LogP contribution < -0.4 is 5.32 Å². The predicted octanol–water partition coefficient (Wildman–Crippen LogP) is 1.75. The third-order valence-electron chi connectivity index (χ3n) is 3.09. The second-order valence-electron chi connectivity index (χ2n) is 4.37. The van der Waals surface area contributed by atoms with E-state index in [0.717, 1.165) is 22.9 Å². The Bertz CT molecular complexity index is 718. The van der Waals surface area contributed by atoms with Gasteiger partial charge in [-0.1, -0.05) is 0 Å². The third-order valence-corrected chi connectivity index (χ3v) is 3.09. The maximum Gasteiger partial charge on any atom is 0.203 e. The van der Waals surface area contributed by atoms with E-state index in [1.165, 1.54) is 5.56 Å². The number of hydrogen-bond acceptors (Lipinski definition) is 5. The highest BCUT2D eigenvalue weighted by Crippen LogP contribution is 2.14. The fourth-order valence-corrected chi connectivity index (χ4v) is 1.93. The van der Waals surface area contributed by atoms with Crippen molar-refractivity contribution >= 4 is 11.5 Å². The van der Waals surface area contributed by atoms with E-state index in [2.05, 4.69) is 32.4 Å². The normalized spacial score (nSPS) is 10.8. The molecule has 3 heterocycles. The number of fused-ring (bicyclic) bond motifs is 1. The SMILES string of the molecule is Cc1ccncc1CNc1nccn2c(C)nnc12. The molecule has 3 aromatic heterocycles. The summed E-state index contributed by atoms with van der Waals surface area (Å²) >= 11 is 0. The molecule has 96 valence electrons. The van der Waals surface area contributed by atoms with Gasteiger partial charge in [-0.15, -0.1) is 10.2 Å². The molecule has 0 unspecified atom stereocenters. The number of aryl methyl sites for hydroxylation is 2. The average molecular weight is 254 g/mol. The second-order valence-corrected chi connectivity index (χ2v) is 4.37. The van der Waals surface area contributed by atoms with Crippen molar-refractivity contribution in [2.24, 2.45) is 0 Å². The highest BCUT2D eigenvalue weighted by molar-refractivity contribution is 5.62. The van der Waals surface area contributed by atoms with Crippen molar-refractivity contribution in [1.29, 1.82) is 0 Å². The molecule has 0 fully saturated rings. The van der Waals surface area contributed by atoms with E-state index >= 15 is 0 Å². The van der Waals surface area contributed by atoms with Crippen molar-refractivity contribution in [3.8, 4) is 0 Å². The summed E-state index contributed by atoms with van der Waals surface area (Å²) in [4.78, 5) is 8.44. The molecule has 0 bridgehead atoms. The van der Waals surface area contributed by atoms with E-state index in [0.29, 0.717) is 6.54 Å². The standard InChI is InChI=1S/C13H14N6/c1-9-3-4-14-7-11(9)8-16-12-13-18-17-10(2)19(13)6-5-15-12/h3-7H,8H2,1-2H3,(H,15,16). The van der Waals surface area contributed by atoms with E-state index in [1.54, 1.807) is 12.4 Å². The number of rotatable bonds is 3. The molecule has 0 aliphatic rings. The van der Waals surface area contributed by atoms with E-state index in [1.807, 2.05) is 29.8 Å². The van der Waals surface area contributed by atoms with Crippen molar-refractivity contribution < 1.29 is 0 Å². The lowest BCUT2D eigenvalue weighted by Gasteiger charge is -2.08. The zero-order chi connectivity index (χ0) is 13.2. The molecular formula is C13H14N6. The molecule has 0 spiro atoms. The number of anilines is 1. The van der Waals surface area contributed by atoms with Crippen LogP contribution in [-0.4, -0.2) is 24.6 Å². The molecule has 0 saturated carbocycles. The van der Waals surface area contributed by atoms with Crippen LogP contribution in [-0.2, 0) is 6.54 Å². The Morgan fingerprint density at radius 2 is 2.11 bits per heavy atom. The quantitative estimate of drug-likeness (QED) is 0.771. The predicted molar refractivity (Wildman–Crippen MR) is 71.8 cm³/mol. The van der Waals surface area contributed by atoms with Crippen LogP contribution in [0.3, 0.4) is 0 Å². The van der Waals surface area contributed by atoms with Crippen molar-refractivity contribution in [3.63, 3.8) is 0 Å². The maximum absolute atomic E-state index is 4.31. The fraction of sp³-hybridized carbons (Fsp3) is 0.231. The third kappa shape index (κ3) is 2.12. The van der Waals surface area contributed by atoms with E-state index in [9.17, 15) is 0 Å². The molecule has 3 rings (SSSR count). The van der Waals surface area contributed by atoms with Gasteiger partial charge in [0.25, 0.3) is 0 Å². The van der Waals surface area contributed by atoms with Gasteiger partial charge in [-0.3, -0.25) is 9.38 Å². The molecule has 0 saturated heterocycles. The smallest absolute Gasteiger partial charge is 0.203 e. The first-order chi connectivity index (χ1) is 9.25. The lowest BCUT2D eigenvalue weighted by atomic mass is 10.1. The summed E-state index contributed by atoms with van der Waals surface area (Å²) in [5, 5.41) is 11.5. The summed E-state index contributed by atoms with van der Waals surface area (Å²) in [6.07, 6.45) is 7.24. The zero-order valence-corrected chi connectivity index (χ0v) is 10.8. The van der Waals surface area contributed by atoms with Crippen molar-refractivity contribution in [2.75, 3.05) is 5.32 Å². The largest absolute Gasteiger partial charge is 0.363 e. The molecule has 6 heteroatoms. The number of pyridine rings is 1. The van der Waals surface area contributed by atoms with Crippen molar-refractivity contribution in [1.82, 2.24) is 24.6 Å². The Morgan fingerprint density at radius 1 is 1.21 bits per heavy atom. The van der Waals surface area contributed by atoms with Gasteiger partial charge in [0, 0.05) is 31.3 Å². The van der Waals surface area contributed by atoms with Crippen LogP contribution >= 0.6 is 0 Å². The second kappa shape index (κ2) is 4.64. The van der Waals surface area contributed by atoms with Gasteiger partial charge in [0.2, 0.25) is 5.65 Å².